The van der Waals surface area contributed by atoms with Crippen molar-refractivity contribution in [2.75, 3.05) is 33.0 Å². The van der Waals surface area contributed by atoms with Gasteiger partial charge in [-0.05, 0) is 37.5 Å². The summed E-state index contributed by atoms with van der Waals surface area (Å²) in [6, 6.07) is 13.6. The van der Waals surface area contributed by atoms with E-state index in [1.807, 2.05) is 42.5 Å². The van der Waals surface area contributed by atoms with Gasteiger partial charge in [-0.2, -0.15) is 0 Å². The number of phenolic OH excluding ortho intramolecular Hbond substituents is 1. The van der Waals surface area contributed by atoms with Crippen LogP contribution >= 0.6 is 15.9 Å². The molecule has 1 saturated heterocycles. The first-order chi connectivity index (χ1) is 17.5. The second-order valence-electron chi connectivity index (χ2n) is 9.27. The monoisotopic (exact) mass is 560 g/mol. The maximum atomic E-state index is 10.9. The van der Waals surface area contributed by atoms with Crippen LogP contribution in [-0.2, 0) is 18.9 Å². The van der Waals surface area contributed by atoms with Gasteiger partial charge in [-0.25, -0.2) is 0 Å². The van der Waals surface area contributed by atoms with Gasteiger partial charge in [0, 0.05) is 26.0 Å². The largest absolute Gasteiger partial charge is 0.507 e. The summed E-state index contributed by atoms with van der Waals surface area (Å²) >= 11 is 3.52. The third-order valence-electron chi connectivity index (χ3n) is 6.64. The minimum Gasteiger partial charge on any atom is -0.507 e. The maximum Gasteiger partial charge on any atom is 0.135 e. The van der Waals surface area contributed by atoms with E-state index in [4.69, 9.17) is 23.7 Å². The summed E-state index contributed by atoms with van der Waals surface area (Å²) in [6.07, 6.45) is 2.84. The Kier molecular flexibility index (Phi) is 9.85. The van der Waals surface area contributed by atoms with Crippen LogP contribution in [0.2, 0.25) is 0 Å². The summed E-state index contributed by atoms with van der Waals surface area (Å²) in [5.41, 5.74) is 0. The van der Waals surface area contributed by atoms with Gasteiger partial charge < -0.3 is 28.8 Å². The number of epoxide rings is 1. The summed E-state index contributed by atoms with van der Waals surface area (Å²) in [5, 5.41) is 14.2. The van der Waals surface area contributed by atoms with E-state index in [0.717, 1.165) is 57.6 Å². The van der Waals surface area contributed by atoms with Gasteiger partial charge in [0.1, 0.15) is 24.2 Å². The predicted molar refractivity (Wildman–Crippen MR) is 146 cm³/mol. The average molecular weight is 562 g/mol. The van der Waals surface area contributed by atoms with Gasteiger partial charge in [0.05, 0.1) is 44.7 Å². The van der Waals surface area contributed by atoms with Crippen molar-refractivity contribution >= 4 is 37.5 Å². The summed E-state index contributed by atoms with van der Waals surface area (Å²) in [6.45, 7) is 9.23. The average Bonchev–Trinajstić information content (AvgIpc) is 3.73. The highest BCUT2D eigenvalue weighted by molar-refractivity contribution is 9.10. The first-order valence-electron chi connectivity index (χ1n) is 13.0. The highest BCUT2D eigenvalue weighted by Crippen LogP contribution is 2.43. The molecule has 4 rings (SSSR count). The van der Waals surface area contributed by atoms with Gasteiger partial charge in [0.15, 0.2) is 0 Å². The number of ether oxygens (including phenoxy) is 5. The van der Waals surface area contributed by atoms with Crippen molar-refractivity contribution in [2.24, 2.45) is 0 Å². The molecule has 1 N–H and O–H groups in total. The molecule has 0 bridgehead atoms. The number of phenols is 1. The summed E-state index contributed by atoms with van der Waals surface area (Å²) in [7, 11) is 0. The molecule has 4 unspecified atom stereocenters. The van der Waals surface area contributed by atoms with Crippen molar-refractivity contribution in [3.63, 3.8) is 0 Å². The molecule has 1 aliphatic heterocycles. The standard InChI is InChI=1S/C29H37BrO6/c1-4-20(32-15-21(5-2)34-17-23-18-35-23)14-33-22(6-3)16-36-29-25-10-8-7-9-24(25)28(31)27-13-19(30)11-12-26(27)29/h7-13,20-23,31H,4-6,14-18H2,1-3H3. The van der Waals surface area contributed by atoms with Crippen molar-refractivity contribution in [1.82, 2.24) is 0 Å². The van der Waals surface area contributed by atoms with Crippen molar-refractivity contribution < 1.29 is 28.8 Å². The van der Waals surface area contributed by atoms with Crippen molar-refractivity contribution in [2.45, 2.75) is 64.4 Å². The fraction of sp³-hybridized carbons (Fsp3) is 0.517. The van der Waals surface area contributed by atoms with Crippen LogP contribution in [0.25, 0.3) is 21.5 Å². The smallest absolute Gasteiger partial charge is 0.135 e. The van der Waals surface area contributed by atoms with Crippen molar-refractivity contribution in [1.29, 1.82) is 0 Å². The van der Waals surface area contributed by atoms with E-state index in [-0.39, 0.29) is 30.2 Å². The van der Waals surface area contributed by atoms with Crippen LogP contribution in [0, 0.1) is 0 Å². The van der Waals surface area contributed by atoms with Crippen LogP contribution in [0.15, 0.2) is 46.9 Å². The number of halogens is 1. The maximum absolute atomic E-state index is 10.9. The molecule has 0 spiro atoms. The Labute approximate surface area is 221 Å². The molecule has 3 aromatic carbocycles. The minimum absolute atomic E-state index is 0.00144. The fourth-order valence-electron chi connectivity index (χ4n) is 4.17. The molecule has 1 fully saturated rings. The zero-order valence-corrected chi connectivity index (χ0v) is 23.0. The summed E-state index contributed by atoms with van der Waals surface area (Å²) < 4.78 is 30.8. The Morgan fingerprint density at radius 1 is 0.833 bits per heavy atom. The highest BCUT2D eigenvalue weighted by Gasteiger charge is 2.24. The Balaban J connectivity index is 1.38. The Hall–Kier alpha value is -1.90. The van der Waals surface area contributed by atoms with Crippen LogP contribution in [0.1, 0.15) is 40.0 Å². The number of rotatable bonds is 15. The second-order valence-corrected chi connectivity index (χ2v) is 10.2. The van der Waals surface area contributed by atoms with E-state index in [0.29, 0.717) is 26.4 Å². The SMILES string of the molecule is CCC(COc1c2ccccc2c(O)c2cc(Br)ccc12)OCC(CC)OCC(CC)OCC1CO1. The molecular formula is C29H37BrO6. The molecule has 36 heavy (non-hydrogen) atoms. The van der Waals surface area contributed by atoms with Gasteiger partial charge >= 0.3 is 0 Å². The number of aromatic hydroxyl groups is 1. The molecular weight excluding hydrogens is 524 g/mol. The molecule has 1 heterocycles. The number of hydrogen-bond acceptors (Lipinski definition) is 6. The van der Waals surface area contributed by atoms with Crippen LogP contribution < -0.4 is 4.74 Å². The molecule has 0 aliphatic carbocycles. The molecule has 0 amide bonds. The fourth-order valence-corrected chi connectivity index (χ4v) is 4.53. The van der Waals surface area contributed by atoms with Crippen molar-refractivity contribution in [3.8, 4) is 11.5 Å². The van der Waals surface area contributed by atoms with Crippen molar-refractivity contribution in [3.05, 3.63) is 46.9 Å². The minimum atomic E-state index is -0.0778. The van der Waals surface area contributed by atoms with Crippen LogP contribution in [0.4, 0.5) is 0 Å². The number of hydrogen-bond donors (Lipinski definition) is 1. The normalized spacial score (nSPS) is 17.8. The second kappa shape index (κ2) is 13.1. The first kappa shape index (κ1) is 27.1. The Morgan fingerprint density at radius 3 is 2.06 bits per heavy atom. The lowest BCUT2D eigenvalue weighted by Gasteiger charge is -2.24. The molecule has 4 atom stereocenters. The third kappa shape index (κ3) is 6.90. The summed E-state index contributed by atoms with van der Waals surface area (Å²) in [4.78, 5) is 0. The molecule has 0 aromatic heterocycles. The lowest BCUT2D eigenvalue weighted by atomic mass is 10.0. The van der Waals surface area contributed by atoms with E-state index in [2.05, 4.69) is 36.7 Å². The number of benzene rings is 3. The molecule has 0 radical (unpaired) electrons. The van der Waals surface area contributed by atoms with E-state index < -0.39 is 0 Å². The third-order valence-corrected chi connectivity index (χ3v) is 7.14. The van der Waals surface area contributed by atoms with Gasteiger partial charge in [0.25, 0.3) is 0 Å². The quantitative estimate of drug-likeness (QED) is 0.166. The first-order valence-corrected chi connectivity index (χ1v) is 13.7. The molecule has 1 aliphatic rings. The zero-order chi connectivity index (χ0) is 25.5. The predicted octanol–water partition coefficient (Wildman–Crippen LogP) is 6.62. The van der Waals surface area contributed by atoms with Crippen LogP contribution in [0.5, 0.6) is 11.5 Å². The Bertz CT molecular complexity index is 1130. The van der Waals surface area contributed by atoms with E-state index >= 15 is 0 Å². The lowest BCUT2D eigenvalue weighted by Crippen LogP contribution is -2.30. The topological polar surface area (TPSA) is 69.7 Å². The molecule has 7 heteroatoms. The van der Waals surface area contributed by atoms with Gasteiger partial charge in [0.2, 0.25) is 0 Å². The Morgan fingerprint density at radius 2 is 1.42 bits per heavy atom. The molecule has 6 nitrogen and oxygen atoms in total. The molecule has 3 aromatic rings. The lowest BCUT2D eigenvalue weighted by molar-refractivity contribution is -0.0886. The van der Waals surface area contributed by atoms with E-state index in [1.54, 1.807) is 0 Å². The van der Waals surface area contributed by atoms with Crippen LogP contribution in [0.3, 0.4) is 0 Å². The van der Waals surface area contributed by atoms with E-state index in [9.17, 15) is 5.11 Å². The van der Waals surface area contributed by atoms with Gasteiger partial charge in [-0.1, -0.05) is 61.0 Å². The summed E-state index contributed by atoms with van der Waals surface area (Å²) in [5.74, 6) is 1.03. The highest BCUT2D eigenvalue weighted by atomic mass is 79.9. The molecule has 196 valence electrons. The van der Waals surface area contributed by atoms with Gasteiger partial charge in [-0.3, -0.25) is 0 Å². The molecule has 0 saturated carbocycles. The number of fused-ring (bicyclic) bond motifs is 2. The van der Waals surface area contributed by atoms with Gasteiger partial charge in [-0.15, -0.1) is 0 Å². The van der Waals surface area contributed by atoms with E-state index in [1.165, 1.54) is 0 Å². The zero-order valence-electron chi connectivity index (χ0n) is 21.4. The van der Waals surface area contributed by atoms with Crippen LogP contribution in [-0.4, -0.2) is 62.6 Å².